The number of aliphatic hydroxyl groups excluding tert-OH is 1. The van der Waals surface area contributed by atoms with Gasteiger partial charge in [-0.05, 0) is 18.5 Å². The van der Waals surface area contributed by atoms with E-state index in [0.717, 1.165) is 12.6 Å². The lowest BCUT2D eigenvalue weighted by Crippen LogP contribution is -2.33. The van der Waals surface area contributed by atoms with E-state index in [2.05, 4.69) is 5.32 Å². The van der Waals surface area contributed by atoms with Crippen molar-refractivity contribution in [2.75, 3.05) is 13.1 Å². The minimum Gasteiger partial charge on any atom is -0.478 e. The molecular weight excluding hydrogens is 146 g/mol. The van der Waals surface area contributed by atoms with E-state index in [-0.39, 0.29) is 0 Å². The number of piperidine rings is 1. The van der Waals surface area contributed by atoms with Gasteiger partial charge in [0.05, 0.1) is 6.10 Å². The molecule has 1 saturated heterocycles. The molecule has 1 fully saturated rings. The fourth-order valence-electron chi connectivity index (χ4n) is 1.08. The molecule has 1 heterocycles. The minimum absolute atomic E-state index is 0.480. The summed E-state index contributed by atoms with van der Waals surface area (Å²) in [7, 11) is 0. The molecule has 1 rings (SSSR count). The number of carboxylic acids is 1. The van der Waals surface area contributed by atoms with Crippen LogP contribution in [0.4, 0.5) is 0 Å². The van der Waals surface area contributed by atoms with Crippen LogP contribution in [0.15, 0.2) is 11.6 Å². The van der Waals surface area contributed by atoms with Gasteiger partial charge in [-0.3, -0.25) is 0 Å². The van der Waals surface area contributed by atoms with Crippen LogP contribution >= 0.6 is 0 Å². The van der Waals surface area contributed by atoms with Crippen LogP contribution in [-0.2, 0) is 4.79 Å². The molecule has 0 radical (unpaired) electrons. The zero-order chi connectivity index (χ0) is 8.27. The van der Waals surface area contributed by atoms with Gasteiger partial charge in [0.2, 0.25) is 0 Å². The van der Waals surface area contributed by atoms with Crippen molar-refractivity contribution >= 4 is 5.97 Å². The molecule has 1 aliphatic heterocycles. The Morgan fingerprint density at radius 1 is 1.73 bits per heavy atom. The predicted molar refractivity (Wildman–Crippen MR) is 39.2 cm³/mol. The first-order valence-electron chi connectivity index (χ1n) is 3.52. The summed E-state index contributed by atoms with van der Waals surface area (Å²) in [5.74, 6) is -0.997. The smallest absolute Gasteiger partial charge is 0.328 e. The quantitative estimate of drug-likeness (QED) is 0.442. The molecule has 62 valence electrons. The first kappa shape index (κ1) is 8.23. The number of carboxylic acid groups (broad SMARTS) is 1. The highest BCUT2D eigenvalue weighted by Gasteiger charge is 2.15. The molecule has 0 amide bonds. The van der Waals surface area contributed by atoms with E-state index in [1.165, 1.54) is 0 Å². The molecule has 0 spiro atoms. The van der Waals surface area contributed by atoms with Crippen molar-refractivity contribution in [2.24, 2.45) is 0 Å². The zero-order valence-corrected chi connectivity index (χ0v) is 6.08. The fourth-order valence-corrected chi connectivity index (χ4v) is 1.08. The number of aliphatic hydroxyl groups is 1. The Morgan fingerprint density at radius 3 is 3.00 bits per heavy atom. The van der Waals surface area contributed by atoms with E-state index in [0.29, 0.717) is 18.5 Å². The second-order valence-corrected chi connectivity index (χ2v) is 2.54. The Labute approximate surface area is 64.5 Å². The number of aliphatic carboxylic acids is 1. The lowest BCUT2D eigenvalue weighted by molar-refractivity contribution is -0.131. The molecule has 0 aromatic rings. The van der Waals surface area contributed by atoms with E-state index in [1.54, 1.807) is 0 Å². The first-order valence-corrected chi connectivity index (χ1v) is 3.52. The summed E-state index contributed by atoms with van der Waals surface area (Å²) in [5, 5.41) is 20.6. The standard InChI is InChI=1S/C7H11NO3/c9-6-1-2-8-4-5(6)3-7(10)11/h3,6,8-9H,1-2,4H2,(H,10,11). The van der Waals surface area contributed by atoms with Crippen LogP contribution in [-0.4, -0.2) is 35.4 Å². The summed E-state index contributed by atoms with van der Waals surface area (Å²) in [6.45, 7) is 1.23. The monoisotopic (exact) mass is 157 g/mol. The summed E-state index contributed by atoms with van der Waals surface area (Å²) in [6, 6.07) is 0. The van der Waals surface area contributed by atoms with Crippen LogP contribution in [0.3, 0.4) is 0 Å². The molecular formula is C7H11NO3. The topological polar surface area (TPSA) is 69.6 Å². The lowest BCUT2D eigenvalue weighted by atomic mass is 10.0. The Bertz CT molecular complexity index is 188. The molecule has 11 heavy (non-hydrogen) atoms. The van der Waals surface area contributed by atoms with Gasteiger partial charge in [0.15, 0.2) is 0 Å². The third-order valence-electron chi connectivity index (χ3n) is 1.66. The van der Waals surface area contributed by atoms with Gasteiger partial charge >= 0.3 is 5.97 Å². The predicted octanol–water partition coefficient (Wildman–Crippen LogP) is -0.648. The van der Waals surface area contributed by atoms with E-state index < -0.39 is 12.1 Å². The van der Waals surface area contributed by atoms with Gasteiger partial charge in [-0.2, -0.15) is 0 Å². The molecule has 1 aliphatic rings. The van der Waals surface area contributed by atoms with Crippen LogP contribution in [0.2, 0.25) is 0 Å². The normalized spacial score (nSPS) is 28.8. The maximum Gasteiger partial charge on any atom is 0.328 e. The van der Waals surface area contributed by atoms with Crippen LogP contribution in [0.5, 0.6) is 0 Å². The number of carbonyl (C=O) groups is 1. The van der Waals surface area contributed by atoms with Crippen molar-refractivity contribution in [1.29, 1.82) is 0 Å². The van der Waals surface area contributed by atoms with Crippen molar-refractivity contribution in [2.45, 2.75) is 12.5 Å². The van der Waals surface area contributed by atoms with Gasteiger partial charge in [-0.1, -0.05) is 0 Å². The molecule has 0 aromatic heterocycles. The number of hydrogen-bond acceptors (Lipinski definition) is 3. The third kappa shape index (κ3) is 2.32. The zero-order valence-electron chi connectivity index (χ0n) is 6.08. The second-order valence-electron chi connectivity index (χ2n) is 2.54. The van der Waals surface area contributed by atoms with Crippen molar-refractivity contribution in [3.05, 3.63) is 11.6 Å². The Kier molecular flexibility index (Phi) is 2.62. The largest absolute Gasteiger partial charge is 0.478 e. The number of nitrogens with one attached hydrogen (secondary N) is 1. The molecule has 3 N–H and O–H groups in total. The second kappa shape index (κ2) is 3.50. The average Bonchev–Trinajstić information content (AvgIpc) is 1.93. The first-order chi connectivity index (χ1) is 5.20. The summed E-state index contributed by atoms with van der Waals surface area (Å²) < 4.78 is 0. The van der Waals surface area contributed by atoms with Gasteiger partial charge in [0, 0.05) is 12.6 Å². The van der Waals surface area contributed by atoms with Gasteiger partial charge < -0.3 is 15.5 Å². The molecule has 0 bridgehead atoms. The number of hydrogen-bond donors (Lipinski definition) is 3. The van der Waals surface area contributed by atoms with Crippen LogP contribution in [0, 0.1) is 0 Å². The van der Waals surface area contributed by atoms with Crippen LogP contribution < -0.4 is 5.32 Å². The molecule has 1 atom stereocenters. The van der Waals surface area contributed by atoms with E-state index in [1.807, 2.05) is 0 Å². The third-order valence-corrected chi connectivity index (χ3v) is 1.66. The van der Waals surface area contributed by atoms with E-state index in [9.17, 15) is 9.90 Å². The van der Waals surface area contributed by atoms with Crippen molar-refractivity contribution in [3.63, 3.8) is 0 Å². The molecule has 0 aromatic carbocycles. The fraction of sp³-hybridized carbons (Fsp3) is 0.571. The SMILES string of the molecule is O=C(O)C=C1CNCCC1O. The van der Waals surface area contributed by atoms with Gasteiger partial charge in [-0.25, -0.2) is 4.79 Å². The summed E-state index contributed by atoms with van der Waals surface area (Å²) >= 11 is 0. The summed E-state index contributed by atoms with van der Waals surface area (Å²) in [4.78, 5) is 10.2. The molecule has 0 saturated carbocycles. The maximum absolute atomic E-state index is 10.2. The van der Waals surface area contributed by atoms with Gasteiger partial charge in [0.25, 0.3) is 0 Å². The van der Waals surface area contributed by atoms with Gasteiger partial charge in [-0.15, -0.1) is 0 Å². The highest BCUT2D eigenvalue weighted by atomic mass is 16.4. The lowest BCUT2D eigenvalue weighted by Gasteiger charge is -2.20. The Hall–Kier alpha value is -0.870. The van der Waals surface area contributed by atoms with Crippen LogP contribution in [0.1, 0.15) is 6.42 Å². The minimum atomic E-state index is -0.997. The van der Waals surface area contributed by atoms with Gasteiger partial charge in [0.1, 0.15) is 0 Å². The Morgan fingerprint density at radius 2 is 2.45 bits per heavy atom. The molecule has 0 aliphatic carbocycles. The van der Waals surface area contributed by atoms with Crippen molar-refractivity contribution in [3.8, 4) is 0 Å². The Balaban J connectivity index is 2.60. The molecule has 4 heteroatoms. The van der Waals surface area contributed by atoms with Crippen LogP contribution in [0.25, 0.3) is 0 Å². The summed E-state index contributed by atoms with van der Waals surface area (Å²) in [6.07, 6.45) is 1.09. The van der Waals surface area contributed by atoms with E-state index in [4.69, 9.17) is 5.11 Å². The molecule has 4 nitrogen and oxygen atoms in total. The summed E-state index contributed by atoms with van der Waals surface area (Å²) in [5.41, 5.74) is 0.559. The highest BCUT2D eigenvalue weighted by Crippen LogP contribution is 2.08. The highest BCUT2D eigenvalue weighted by molar-refractivity contribution is 5.81. The van der Waals surface area contributed by atoms with Crippen molar-refractivity contribution < 1.29 is 15.0 Å². The maximum atomic E-state index is 10.2. The van der Waals surface area contributed by atoms with E-state index >= 15 is 0 Å². The van der Waals surface area contributed by atoms with Crippen molar-refractivity contribution in [1.82, 2.24) is 5.32 Å². The molecule has 1 unspecified atom stereocenters. The average molecular weight is 157 g/mol. The number of rotatable bonds is 1.